The van der Waals surface area contributed by atoms with Crippen molar-refractivity contribution >= 4 is 18.1 Å². The van der Waals surface area contributed by atoms with E-state index >= 15 is 0 Å². The van der Waals surface area contributed by atoms with Crippen LogP contribution in [-0.2, 0) is 16.1 Å². The number of hydrogen-bond donors (Lipinski definition) is 1. The Labute approximate surface area is 155 Å². The number of nitrogens with zero attached hydrogens (tertiary/aromatic N) is 2. The van der Waals surface area contributed by atoms with E-state index in [1.54, 1.807) is 24.3 Å². The van der Waals surface area contributed by atoms with Crippen molar-refractivity contribution in [3.05, 3.63) is 94.7 Å². The van der Waals surface area contributed by atoms with Crippen molar-refractivity contribution in [3.8, 4) is 0 Å². The molecule has 3 rings (SSSR count). The number of hydrogen-bond acceptors (Lipinski definition) is 5. The van der Waals surface area contributed by atoms with E-state index in [2.05, 4.69) is 10.3 Å². The van der Waals surface area contributed by atoms with Crippen LogP contribution in [0.15, 0.2) is 78.0 Å². The lowest BCUT2D eigenvalue weighted by Crippen LogP contribution is -2.30. The molecule has 7 nitrogen and oxygen atoms in total. The molecule has 0 aliphatic rings. The van der Waals surface area contributed by atoms with Gasteiger partial charge < -0.3 is 9.53 Å². The number of rotatable bonds is 6. The van der Waals surface area contributed by atoms with E-state index in [4.69, 9.17) is 4.74 Å². The number of carbonyl (C=O) groups excluding carboxylic acids is 2. The molecule has 1 atom stereocenters. The molecule has 1 unspecified atom stereocenters. The molecule has 0 spiro atoms. The molecule has 0 aliphatic carbocycles. The number of amides is 1. The van der Waals surface area contributed by atoms with Crippen molar-refractivity contribution in [2.45, 2.75) is 12.6 Å². The lowest BCUT2D eigenvalue weighted by molar-refractivity contribution is -0.109. The number of ether oxygens (including phenoxy) is 1. The van der Waals surface area contributed by atoms with Gasteiger partial charge in [-0.1, -0.05) is 60.7 Å². The van der Waals surface area contributed by atoms with E-state index in [1.807, 2.05) is 36.4 Å². The first-order chi connectivity index (χ1) is 13.2. The van der Waals surface area contributed by atoms with Crippen LogP contribution in [0.4, 0.5) is 10.5 Å². The highest BCUT2D eigenvalue weighted by atomic mass is 16.5. The molecule has 0 saturated heterocycles. The predicted octanol–water partition coefficient (Wildman–Crippen LogP) is 2.78. The standard InChI is InChI=1S/C20H17N3O4/c24-12-18(16-9-5-2-6-10-16)23-14-21-11-17(19(23)25)22-20(26)27-13-15-7-3-1-4-8-15/h1-12,14,18H,13H2,(H,22,26). The topological polar surface area (TPSA) is 90.3 Å². The zero-order valence-corrected chi connectivity index (χ0v) is 14.3. The zero-order valence-electron chi connectivity index (χ0n) is 14.3. The molecular formula is C20H17N3O4. The molecular weight excluding hydrogens is 346 g/mol. The van der Waals surface area contributed by atoms with Crippen molar-refractivity contribution < 1.29 is 14.3 Å². The predicted molar refractivity (Wildman–Crippen MR) is 99.4 cm³/mol. The second-order valence-electron chi connectivity index (χ2n) is 5.70. The molecule has 0 bridgehead atoms. The molecule has 27 heavy (non-hydrogen) atoms. The smallest absolute Gasteiger partial charge is 0.412 e. The summed E-state index contributed by atoms with van der Waals surface area (Å²) in [5.74, 6) is 0. The van der Waals surface area contributed by atoms with E-state index in [-0.39, 0.29) is 12.3 Å². The summed E-state index contributed by atoms with van der Waals surface area (Å²) in [6, 6.07) is 17.1. The van der Waals surface area contributed by atoms with Gasteiger partial charge >= 0.3 is 6.09 Å². The van der Waals surface area contributed by atoms with E-state index in [1.165, 1.54) is 12.5 Å². The zero-order chi connectivity index (χ0) is 19.1. The number of anilines is 1. The normalized spacial score (nSPS) is 11.4. The average molecular weight is 363 g/mol. The molecule has 0 fully saturated rings. The highest BCUT2D eigenvalue weighted by Gasteiger charge is 2.17. The van der Waals surface area contributed by atoms with Gasteiger partial charge in [0.15, 0.2) is 0 Å². The molecule has 0 aliphatic heterocycles. The van der Waals surface area contributed by atoms with Crippen molar-refractivity contribution in [2.24, 2.45) is 0 Å². The second kappa shape index (κ2) is 8.57. The number of benzene rings is 2. The average Bonchev–Trinajstić information content (AvgIpc) is 2.71. The fourth-order valence-electron chi connectivity index (χ4n) is 2.53. The third-order valence-electron chi connectivity index (χ3n) is 3.88. The number of aromatic nitrogens is 2. The third kappa shape index (κ3) is 4.46. The second-order valence-corrected chi connectivity index (χ2v) is 5.70. The maximum absolute atomic E-state index is 12.6. The molecule has 136 valence electrons. The van der Waals surface area contributed by atoms with Gasteiger partial charge in [0.25, 0.3) is 5.56 Å². The van der Waals surface area contributed by atoms with Crippen LogP contribution in [0.25, 0.3) is 0 Å². The van der Waals surface area contributed by atoms with Crippen molar-refractivity contribution in [3.63, 3.8) is 0 Å². The van der Waals surface area contributed by atoms with Crippen LogP contribution in [0.1, 0.15) is 17.2 Å². The quantitative estimate of drug-likeness (QED) is 0.680. The maximum atomic E-state index is 12.6. The first-order valence-corrected chi connectivity index (χ1v) is 8.23. The molecule has 2 aromatic carbocycles. The fraction of sp³-hybridized carbons (Fsp3) is 0.100. The minimum Gasteiger partial charge on any atom is -0.444 e. The minimum absolute atomic E-state index is 0.0710. The Morgan fingerprint density at radius 3 is 2.44 bits per heavy atom. The first-order valence-electron chi connectivity index (χ1n) is 8.23. The summed E-state index contributed by atoms with van der Waals surface area (Å²) in [6.07, 6.45) is 2.35. The van der Waals surface area contributed by atoms with E-state index in [0.29, 0.717) is 11.8 Å². The SMILES string of the molecule is O=CC(c1ccccc1)n1cncc(NC(=O)OCc2ccccc2)c1=O. The van der Waals surface area contributed by atoms with Crippen molar-refractivity contribution in [1.82, 2.24) is 9.55 Å². The molecule has 1 aromatic heterocycles. The summed E-state index contributed by atoms with van der Waals surface area (Å²) < 4.78 is 6.26. The Balaban J connectivity index is 1.75. The number of nitrogens with one attached hydrogen (secondary N) is 1. The van der Waals surface area contributed by atoms with Gasteiger partial charge in [0.1, 0.15) is 24.6 Å². The summed E-state index contributed by atoms with van der Waals surface area (Å²) in [5, 5.41) is 2.38. The van der Waals surface area contributed by atoms with Crippen molar-refractivity contribution in [1.29, 1.82) is 0 Å². The first kappa shape index (κ1) is 18.1. The summed E-state index contributed by atoms with van der Waals surface area (Å²) in [4.78, 5) is 40.1. The molecule has 0 radical (unpaired) electrons. The molecule has 1 heterocycles. The van der Waals surface area contributed by atoms with Crippen LogP contribution >= 0.6 is 0 Å². The Bertz CT molecular complexity index is 971. The molecule has 0 saturated carbocycles. The molecule has 7 heteroatoms. The van der Waals surface area contributed by atoms with Crippen LogP contribution in [0.3, 0.4) is 0 Å². The summed E-state index contributed by atoms with van der Waals surface area (Å²) in [5.41, 5.74) is 0.836. The molecule has 3 aromatic rings. The summed E-state index contributed by atoms with van der Waals surface area (Å²) in [7, 11) is 0. The van der Waals surface area contributed by atoms with E-state index in [9.17, 15) is 14.4 Å². The Kier molecular flexibility index (Phi) is 5.73. The van der Waals surface area contributed by atoms with Gasteiger partial charge in [-0.25, -0.2) is 9.78 Å². The lowest BCUT2D eigenvalue weighted by Gasteiger charge is -2.15. The molecule has 1 amide bonds. The van der Waals surface area contributed by atoms with Crippen LogP contribution in [0, 0.1) is 0 Å². The van der Waals surface area contributed by atoms with Gasteiger partial charge in [-0.15, -0.1) is 0 Å². The van der Waals surface area contributed by atoms with Crippen LogP contribution < -0.4 is 10.9 Å². The number of carbonyl (C=O) groups is 2. The third-order valence-corrected chi connectivity index (χ3v) is 3.88. The minimum atomic E-state index is -0.840. The van der Waals surface area contributed by atoms with Gasteiger partial charge in [-0.2, -0.15) is 0 Å². The van der Waals surface area contributed by atoms with Gasteiger partial charge in [0.2, 0.25) is 0 Å². The van der Waals surface area contributed by atoms with Crippen LogP contribution in [0.5, 0.6) is 0 Å². The van der Waals surface area contributed by atoms with E-state index < -0.39 is 17.7 Å². The van der Waals surface area contributed by atoms with Gasteiger partial charge in [0.05, 0.1) is 12.5 Å². The number of aldehydes is 1. The Morgan fingerprint density at radius 1 is 1.11 bits per heavy atom. The highest BCUT2D eigenvalue weighted by Crippen LogP contribution is 2.14. The fourth-order valence-corrected chi connectivity index (χ4v) is 2.53. The highest BCUT2D eigenvalue weighted by molar-refractivity contribution is 5.84. The van der Waals surface area contributed by atoms with E-state index in [0.717, 1.165) is 10.1 Å². The maximum Gasteiger partial charge on any atom is 0.412 e. The van der Waals surface area contributed by atoms with Crippen molar-refractivity contribution in [2.75, 3.05) is 5.32 Å². The van der Waals surface area contributed by atoms with Crippen LogP contribution in [-0.4, -0.2) is 21.9 Å². The largest absolute Gasteiger partial charge is 0.444 e. The summed E-state index contributed by atoms with van der Waals surface area (Å²) >= 11 is 0. The van der Waals surface area contributed by atoms with Gasteiger partial charge in [0, 0.05) is 0 Å². The summed E-state index contributed by atoms with van der Waals surface area (Å²) in [6.45, 7) is 0.0715. The lowest BCUT2D eigenvalue weighted by atomic mass is 10.1. The van der Waals surface area contributed by atoms with Crippen LogP contribution in [0.2, 0.25) is 0 Å². The Hall–Kier alpha value is -3.74. The van der Waals surface area contributed by atoms with Gasteiger partial charge in [-0.05, 0) is 11.1 Å². The van der Waals surface area contributed by atoms with Gasteiger partial charge in [-0.3, -0.25) is 14.7 Å². The Morgan fingerprint density at radius 2 is 1.78 bits per heavy atom. The molecule has 1 N–H and O–H groups in total. The monoisotopic (exact) mass is 363 g/mol.